The lowest BCUT2D eigenvalue weighted by Gasteiger charge is -2.03. The van der Waals surface area contributed by atoms with Crippen LogP contribution in [-0.2, 0) is 0 Å². The van der Waals surface area contributed by atoms with Crippen molar-refractivity contribution < 1.29 is 5.11 Å². The van der Waals surface area contributed by atoms with Crippen LogP contribution < -0.4 is 5.11 Å². The second-order valence-corrected chi connectivity index (χ2v) is 2.08. The van der Waals surface area contributed by atoms with E-state index in [2.05, 4.69) is 10.2 Å². The first kappa shape index (κ1) is 7.57. The standard InChI is InChI=1S/C5H3ClN4O/c6-4-3(5(8)11)2(1-7)9-10-4/h(H2,8,11)(H,9,10)/p-1. The minimum absolute atomic E-state index is 0.0680. The number of aromatic amines is 1. The van der Waals surface area contributed by atoms with Gasteiger partial charge in [0.1, 0.15) is 11.2 Å². The van der Waals surface area contributed by atoms with Gasteiger partial charge in [-0.25, -0.2) is 0 Å². The van der Waals surface area contributed by atoms with Gasteiger partial charge in [-0.15, -0.1) is 0 Å². The van der Waals surface area contributed by atoms with E-state index in [0.29, 0.717) is 0 Å². The molecule has 0 aliphatic rings. The molecule has 1 aromatic heterocycles. The number of halogens is 1. The Hall–Kier alpha value is -1.54. The molecular weight excluding hydrogens is 168 g/mol. The molecule has 56 valence electrons. The molecule has 0 amide bonds. The van der Waals surface area contributed by atoms with Crippen molar-refractivity contribution in [3.05, 3.63) is 16.4 Å². The Morgan fingerprint density at radius 2 is 2.45 bits per heavy atom. The molecule has 1 aromatic rings. The van der Waals surface area contributed by atoms with Gasteiger partial charge in [0.15, 0.2) is 5.69 Å². The summed E-state index contributed by atoms with van der Waals surface area (Å²) in [5.41, 5.74) is -0.316. The maximum absolute atomic E-state index is 10.5. The van der Waals surface area contributed by atoms with Crippen molar-refractivity contribution in [2.75, 3.05) is 0 Å². The largest absolute Gasteiger partial charge is 0.859 e. The molecule has 0 aliphatic heterocycles. The van der Waals surface area contributed by atoms with Gasteiger partial charge in [0.25, 0.3) is 0 Å². The summed E-state index contributed by atoms with van der Waals surface area (Å²) in [7, 11) is 0. The van der Waals surface area contributed by atoms with Crippen LogP contribution in [0, 0.1) is 16.7 Å². The SMILES string of the molecule is N#Cc1n[nH]c(Cl)c1C(=N)[O-]. The average Bonchev–Trinajstić information content (AvgIpc) is 2.30. The Morgan fingerprint density at radius 3 is 2.82 bits per heavy atom. The maximum atomic E-state index is 10.5. The van der Waals surface area contributed by atoms with Crippen molar-refractivity contribution in [3.63, 3.8) is 0 Å². The predicted octanol–water partition coefficient (Wildman–Crippen LogP) is -0.380. The zero-order valence-corrected chi connectivity index (χ0v) is 5.94. The van der Waals surface area contributed by atoms with Gasteiger partial charge in [-0.2, -0.15) is 10.4 Å². The van der Waals surface area contributed by atoms with Gasteiger partial charge in [0.2, 0.25) is 0 Å². The summed E-state index contributed by atoms with van der Waals surface area (Å²) in [6, 6.07) is 1.63. The van der Waals surface area contributed by atoms with E-state index in [-0.39, 0.29) is 16.4 Å². The minimum Gasteiger partial charge on any atom is -0.859 e. The first-order chi connectivity index (χ1) is 5.16. The van der Waals surface area contributed by atoms with Crippen LogP contribution in [0.25, 0.3) is 0 Å². The number of nitrogens with zero attached hydrogens (tertiary/aromatic N) is 2. The molecule has 2 N–H and O–H groups in total. The number of aromatic nitrogens is 2. The van der Waals surface area contributed by atoms with Crippen LogP contribution in [0.3, 0.4) is 0 Å². The molecule has 0 spiro atoms. The molecule has 0 saturated carbocycles. The van der Waals surface area contributed by atoms with Gasteiger partial charge < -0.3 is 10.5 Å². The summed E-state index contributed by atoms with van der Waals surface area (Å²) >= 11 is 5.41. The van der Waals surface area contributed by atoms with Gasteiger partial charge in [-0.05, 0) is 5.90 Å². The Labute approximate surface area is 66.7 Å². The van der Waals surface area contributed by atoms with E-state index in [1.54, 1.807) is 6.07 Å². The topological polar surface area (TPSA) is 99.4 Å². The summed E-state index contributed by atoms with van der Waals surface area (Å²) in [5.74, 6) is -1.01. The number of hydrogen-bond donors (Lipinski definition) is 2. The zero-order chi connectivity index (χ0) is 8.43. The second-order valence-electron chi connectivity index (χ2n) is 1.70. The molecule has 11 heavy (non-hydrogen) atoms. The van der Waals surface area contributed by atoms with E-state index in [0.717, 1.165) is 0 Å². The normalized spacial score (nSPS) is 9.09. The molecule has 0 bridgehead atoms. The molecule has 5 nitrogen and oxygen atoms in total. The molecule has 1 rings (SSSR count). The van der Waals surface area contributed by atoms with E-state index >= 15 is 0 Å². The van der Waals surface area contributed by atoms with Gasteiger partial charge in [0.05, 0.1) is 5.56 Å². The third kappa shape index (κ3) is 1.16. The van der Waals surface area contributed by atoms with Crippen molar-refractivity contribution in [1.29, 1.82) is 10.7 Å². The lowest BCUT2D eigenvalue weighted by molar-refractivity contribution is -0.214. The predicted molar refractivity (Wildman–Crippen MR) is 35.1 cm³/mol. The van der Waals surface area contributed by atoms with Gasteiger partial charge in [0, 0.05) is 0 Å². The lowest BCUT2D eigenvalue weighted by Crippen LogP contribution is -2.17. The molecule has 0 aliphatic carbocycles. The fourth-order valence-corrected chi connectivity index (χ4v) is 0.826. The van der Waals surface area contributed by atoms with Crippen molar-refractivity contribution in [3.8, 4) is 6.07 Å². The highest BCUT2D eigenvalue weighted by Gasteiger charge is 2.09. The molecule has 0 atom stereocenters. The van der Waals surface area contributed by atoms with Crippen LogP contribution in [0.2, 0.25) is 5.15 Å². The van der Waals surface area contributed by atoms with Crippen LogP contribution in [0.5, 0.6) is 0 Å². The molecule has 0 radical (unpaired) electrons. The number of hydrogen-bond acceptors (Lipinski definition) is 4. The fraction of sp³-hybridized carbons (Fsp3) is 0. The Kier molecular flexibility index (Phi) is 1.79. The Morgan fingerprint density at radius 1 is 1.82 bits per heavy atom. The maximum Gasteiger partial charge on any atom is 0.171 e. The van der Waals surface area contributed by atoms with Crippen molar-refractivity contribution in [1.82, 2.24) is 10.2 Å². The van der Waals surface area contributed by atoms with Crippen molar-refractivity contribution in [2.24, 2.45) is 0 Å². The average molecular weight is 170 g/mol. The second kappa shape index (κ2) is 2.60. The third-order valence-corrected chi connectivity index (χ3v) is 1.33. The van der Waals surface area contributed by atoms with Crippen LogP contribution >= 0.6 is 11.6 Å². The summed E-state index contributed by atoms with van der Waals surface area (Å²) in [4.78, 5) is 0. The number of H-pyrrole nitrogens is 1. The van der Waals surface area contributed by atoms with Crippen LogP contribution in [-0.4, -0.2) is 16.1 Å². The van der Waals surface area contributed by atoms with Crippen molar-refractivity contribution in [2.45, 2.75) is 0 Å². The first-order valence-corrected chi connectivity index (χ1v) is 2.94. The van der Waals surface area contributed by atoms with E-state index < -0.39 is 5.90 Å². The smallest absolute Gasteiger partial charge is 0.171 e. The molecule has 0 fully saturated rings. The zero-order valence-electron chi connectivity index (χ0n) is 5.18. The third-order valence-electron chi connectivity index (χ3n) is 1.06. The summed E-state index contributed by atoms with van der Waals surface area (Å²) in [6.07, 6.45) is 0. The van der Waals surface area contributed by atoms with Gasteiger partial charge in [-0.1, -0.05) is 11.6 Å². The van der Waals surface area contributed by atoms with E-state index in [4.69, 9.17) is 22.3 Å². The quantitative estimate of drug-likeness (QED) is 0.443. The highest BCUT2D eigenvalue weighted by Crippen LogP contribution is 2.14. The number of rotatable bonds is 1. The minimum atomic E-state index is -1.01. The molecule has 0 saturated heterocycles. The van der Waals surface area contributed by atoms with Crippen LogP contribution in [0.1, 0.15) is 11.3 Å². The summed E-state index contributed by atoms with van der Waals surface area (Å²) < 4.78 is 0. The molecular formula is C5H2ClN4O-. The molecule has 0 aromatic carbocycles. The van der Waals surface area contributed by atoms with E-state index in [1.807, 2.05) is 0 Å². The summed E-state index contributed by atoms with van der Waals surface area (Å²) in [5, 5.41) is 31.1. The highest BCUT2D eigenvalue weighted by molar-refractivity contribution is 6.32. The van der Waals surface area contributed by atoms with Gasteiger partial charge >= 0.3 is 0 Å². The van der Waals surface area contributed by atoms with E-state index in [9.17, 15) is 5.11 Å². The monoisotopic (exact) mass is 169 g/mol. The Balaban J connectivity index is 3.32. The molecule has 6 heteroatoms. The Bertz CT molecular complexity index is 337. The van der Waals surface area contributed by atoms with Crippen LogP contribution in [0.4, 0.5) is 0 Å². The lowest BCUT2D eigenvalue weighted by atomic mass is 10.2. The molecule has 1 heterocycles. The van der Waals surface area contributed by atoms with Gasteiger partial charge in [-0.3, -0.25) is 5.10 Å². The number of nitriles is 1. The highest BCUT2D eigenvalue weighted by atomic mass is 35.5. The summed E-state index contributed by atoms with van der Waals surface area (Å²) in [6.45, 7) is 0. The van der Waals surface area contributed by atoms with Crippen molar-refractivity contribution >= 4 is 17.5 Å². The van der Waals surface area contributed by atoms with E-state index in [1.165, 1.54) is 0 Å². The number of nitrogens with one attached hydrogen (secondary N) is 2. The molecule has 0 unspecified atom stereocenters. The fourth-order valence-electron chi connectivity index (χ4n) is 0.609. The van der Waals surface area contributed by atoms with Crippen LogP contribution in [0.15, 0.2) is 0 Å². The first-order valence-electron chi connectivity index (χ1n) is 2.56.